The Morgan fingerprint density at radius 1 is 1.45 bits per heavy atom. The molecule has 108 valence electrons. The fourth-order valence-electron chi connectivity index (χ4n) is 2.71. The van der Waals surface area contributed by atoms with E-state index in [2.05, 4.69) is 11.0 Å². The molecule has 0 bridgehead atoms. The van der Waals surface area contributed by atoms with Crippen molar-refractivity contribution >= 4 is 5.69 Å². The van der Waals surface area contributed by atoms with Crippen molar-refractivity contribution in [3.63, 3.8) is 0 Å². The van der Waals surface area contributed by atoms with E-state index in [-0.39, 0.29) is 0 Å². The van der Waals surface area contributed by atoms with Crippen LogP contribution in [0.2, 0.25) is 0 Å². The summed E-state index contributed by atoms with van der Waals surface area (Å²) < 4.78 is 5.38. The van der Waals surface area contributed by atoms with Gasteiger partial charge in [0.25, 0.3) is 0 Å². The molecular weight excluding hydrogens is 252 g/mol. The highest BCUT2D eigenvalue weighted by atomic mass is 16.5. The molecule has 4 heteroatoms. The minimum atomic E-state index is -0.533. The number of hydrogen-bond acceptors (Lipinski definition) is 4. The molecule has 0 amide bonds. The van der Waals surface area contributed by atoms with E-state index in [1.54, 1.807) is 13.0 Å². The predicted octanol–water partition coefficient (Wildman–Crippen LogP) is 2.47. The lowest BCUT2D eigenvalue weighted by Gasteiger charge is -2.30. The predicted molar refractivity (Wildman–Crippen MR) is 78.6 cm³/mol. The number of ether oxygens (including phenoxy) is 1. The summed E-state index contributed by atoms with van der Waals surface area (Å²) in [4.78, 5) is 2.15. The SMILES string of the molecule is CC(O)c1ccc(C#N)cc1N(C)CC1CCOCC1. The average Bonchev–Trinajstić information content (AvgIpc) is 2.47. The van der Waals surface area contributed by atoms with E-state index in [1.165, 1.54) is 0 Å². The van der Waals surface area contributed by atoms with Crippen LogP contribution in [-0.4, -0.2) is 31.9 Å². The maximum Gasteiger partial charge on any atom is 0.0992 e. The van der Waals surface area contributed by atoms with Gasteiger partial charge >= 0.3 is 0 Å². The lowest BCUT2D eigenvalue weighted by Crippen LogP contribution is -2.30. The number of aliphatic hydroxyl groups excluding tert-OH is 1. The fourth-order valence-corrected chi connectivity index (χ4v) is 2.71. The van der Waals surface area contributed by atoms with Crippen LogP contribution in [-0.2, 0) is 4.74 Å². The zero-order valence-corrected chi connectivity index (χ0v) is 12.2. The molecule has 2 rings (SSSR count). The summed E-state index contributed by atoms with van der Waals surface area (Å²) in [5, 5.41) is 18.9. The quantitative estimate of drug-likeness (QED) is 0.916. The molecule has 1 aliphatic heterocycles. The molecule has 20 heavy (non-hydrogen) atoms. The lowest BCUT2D eigenvalue weighted by atomic mass is 9.98. The minimum Gasteiger partial charge on any atom is -0.389 e. The number of rotatable bonds is 4. The van der Waals surface area contributed by atoms with Crippen LogP contribution in [0.1, 0.15) is 37.0 Å². The lowest BCUT2D eigenvalue weighted by molar-refractivity contribution is 0.0685. The van der Waals surface area contributed by atoms with E-state index in [0.717, 1.165) is 43.9 Å². The topological polar surface area (TPSA) is 56.5 Å². The molecule has 1 unspecified atom stereocenters. The van der Waals surface area contributed by atoms with Crippen molar-refractivity contribution in [2.24, 2.45) is 5.92 Å². The van der Waals surface area contributed by atoms with Gasteiger partial charge in [-0.05, 0) is 37.8 Å². The number of anilines is 1. The van der Waals surface area contributed by atoms with Crippen LogP contribution in [0.15, 0.2) is 18.2 Å². The van der Waals surface area contributed by atoms with Crippen LogP contribution in [0.5, 0.6) is 0 Å². The third-order valence-electron chi connectivity index (χ3n) is 3.89. The molecule has 1 fully saturated rings. The van der Waals surface area contributed by atoms with Gasteiger partial charge in [0.2, 0.25) is 0 Å². The molecule has 0 radical (unpaired) electrons. The van der Waals surface area contributed by atoms with E-state index in [4.69, 9.17) is 10.00 Å². The highest BCUT2D eigenvalue weighted by molar-refractivity contribution is 5.58. The van der Waals surface area contributed by atoms with E-state index >= 15 is 0 Å². The van der Waals surface area contributed by atoms with Gasteiger partial charge in [-0.25, -0.2) is 0 Å². The molecule has 4 nitrogen and oxygen atoms in total. The summed E-state index contributed by atoms with van der Waals surface area (Å²) in [7, 11) is 2.03. The Bertz CT molecular complexity index is 488. The molecule has 0 aliphatic carbocycles. The summed E-state index contributed by atoms with van der Waals surface area (Å²) in [5.41, 5.74) is 2.45. The Labute approximate surface area is 120 Å². The van der Waals surface area contributed by atoms with Gasteiger partial charge in [-0.15, -0.1) is 0 Å². The van der Waals surface area contributed by atoms with Crippen LogP contribution in [0, 0.1) is 17.2 Å². The summed E-state index contributed by atoms with van der Waals surface area (Å²) in [6, 6.07) is 7.63. The van der Waals surface area contributed by atoms with Crippen molar-refractivity contribution < 1.29 is 9.84 Å². The highest BCUT2D eigenvalue weighted by Gasteiger charge is 2.19. The molecule has 0 saturated carbocycles. The second kappa shape index (κ2) is 6.74. The first-order valence-electron chi connectivity index (χ1n) is 7.13. The van der Waals surface area contributed by atoms with E-state index < -0.39 is 6.10 Å². The standard InChI is InChI=1S/C16H22N2O2/c1-12(19)15-4-3-14(10-17)9-16(15)18(2)11-13-5-7-20-8-6-13/h3-4,9,12-13,19H,5-8,11H2,1-2H3. The molecule has 0 aromatic heterocycles. The van der Waals surface area contributed by atoms with E-state index in [0.29, 0.717) is 11.5 Å². The van der Waals surface area contributed by atoms with Gasteiger partial charge in [0, 0.05) is 38.1 Å². The van der Waals surface area contributed by atoms with Crippen molar-refractivity contribution in [2.75, 3.05) is 31.7 Å². The number of benzene rings is 1. The Balaban J connectivity index is 2.18. The number of nitrogens with zero attached hydrogens (tertiary/aromatic N) is 2. The molecule has 1 N–H and O–H groups in total. The first kappa shape index (κ1) is 14.8. The molecule has 1 aliphatic rings. The maximum atomic E-state index is 9.89. The van der Waals surface area contributed by atoms with Gasteiger partial charge in [-0.1, -0.05) is 6.07 Å². The normalized spacial score (nSPS) is 17.5. The van der Waals surface area contributed by atoms with Gasteiger partial charge < -0.3 is 14.7 Å². The summed E-state index contributed by atoms with van der Waals surface area (Å²) >= 11 is 0. The van der Waals surface area contributed by atoms with Crippen LogP contribution in [0.25, 0.3) is 0 Å². The summed E-state index contributed by atoms with van der Waals surface area (Å²) in [6.45, 7) is 4.35. The number of nitriles is 1. The second-order valence-electron chi connectivity index (χ2n) is 5.50. The van der Waals surface area contributed by atoms with Gasteiger partial charge in [0.1, 0.15) is 0 Å². The van der Waals surface area contributed by atoms with Crippen LogP contribution < -0.4 is 4.90 Å². The molecule has 1 aromatic rings. The van der Waals surface area contributed by atoms with Gasteiger partial charge in [0.15, 0.2) is 0 Å². The monoisotopic (exact) mass is 274 g/mol. The van der Waals surface area contributed by atoms with E-state index in [9.17, 15) is 5.11 Å². The maximum absolute atomic E-state index is 9.89. The van der Waals surface area contributed by atoms with Gasteiger partial charge in [-0.3, -0.25) is 0 Å². The van der Waals surface area contributed by atoms with Crippen molar-refractivity contribution in [3.8, 4) is 6.07 Å². The van der Waals surface area contributed by atoms with Crippen molar-refractivity contribution in [1.82, 2.24) is 0 Å². The smallest absolute Gasteiger partial charge is 0.0992 e. The van der Waals surface area contributed by atoms with Gasteiger partial charge in [-0.2, -0.15) is 5.26 Å². The van der Waals surface area contributed by atoms with Crippen molar-refractivity contribution in [2.45, 2.75) is 25.9 Å². The summed E-state index contributed by atoms with van der Waals surface area (Å²) in [6.07, 6.45) is 1.62. The molecule has 0 spiro atoms. The fraction of sp³-hybridized carbons (Fsp3) is 0.562. The van der Waals surface area contributed by atoms with E-state index in [1.807, 2.05) is 19.2 Å². The largest absolute Gasteiger partial charge is 0.389 e. The molecule has 1 aromatic carbocycles. The first-order chi connectivity index (χ1) is 9.61. The van der Waals surface area contributed by atoms with Crippen LogP contribution >= 0.6 is 0 Å². The highest BCUT2D eigenvalue weighted by Crippen LogP contribution is 2.28. The molecule has 1 heterocycles. The Kier molecular flexibility index (Phi) is 4.99. The second-order valence-corrected chi connectivity index (χ2v) is 5.50. The number of aliphatic hydroxyl groups is 1. The third-order valence-corrected chi connectivity index (χ3v) is 3.89. The summed E-state index contributed by atoms with van der Waals surface area (Å²) in [5.74, 6) is 0.612. The molecule has 1 atom stereocenters. The Morgan fingerprint density at radius 2 is 2.15 bits per heavy atom. The first-order valence-corrected chi connectivity index (χ1v) is 7.13. The zero-order valence-electron chi connectivity index (χ0n) is 12.2. The Hall–Kier alpha value is -1.57. The molecular formula is C16H22N2O2. The van der Waals surface area contributed by atoms with Crippen LogP contribution in [0.3, 0.4) is 0 Å². The zero-order chi connectivity index (χ0) is 14.5. The Morgan fingerprint density at radius 3 is 2.75 bits per heavy atom. The minimum absolute atomic E-state index is 0.533. The van der Waals surface area contributed by atoms with Gasteiger partial charge in [0.05, 0.1) is 17.7 Å². The third kappa shape index (κ3) is 3.50. The number of hydrogen-bond donors (Lipinski definition) is 1. The van der Waals surface area contributed by atoms with Crippen LogP contribution in [0.4, 0.5) is 5.69 Å². The molecule has 1 saturated heterocycles. The average molecular weight is 274 g/mol. The van der Waals surface area contributed by atoms with Crippen molar-refractivity contribution in [1.29, 1.82) is 5.26 Å². The van der Waals surface area contributed by atoms with Crippen molar-refractivity contribution in [3.05, 3.63) is 29.3 Å².